The van der Waals surface area contributed by atoms with Crippen LogP contribution < -0.4 is 10.6 Å². The number of nitrogens with one attached hydrogen (secondary N) is 2. The molecule has 0 bridgehead atoms. The summed E-state index contributed by atoms with van der Waals surface area (Å²) in [4.78, 5) is 36.6. The minimum Gasteiger partial charge on any atom is -0.478 e. The number of amides is 2. The van der Waals surface area contributed by atoms with Crippen LogP contribution in [-0.2, 0) is 9.53 Å². The minimum absolute atomic E-state index is 0.00914. The molecule has 2 amide bonds. The van der Waals surface area contributed by atoms with E-state index < -0.39 is 24.0 Å². The Morgan fingerprint density at radius 1 is 1.00 bits per heavy atom. The van der Waals surface area contributed by atoms with E-state index in [-0.39, 0.29) is 28.8 Å². The lowest BCUT2D eigenvalue weighted by Crippen LogP contribution is -2.44. The summed E-state index contributed by atoms with van der Waals surface area (Å²) >= 11 is 6.12. The van der Waals surface area contributed by atoms with Gasteiger partial charge in [-0.05, 0) is 46.9 Å². The molecule has 3 aromatic rings. The number of hydrogen-bond acceptors (Lipinski definition) is 4. The maximum absolute atomic E-state index is 12.8. The molecule has 1 aliphatic rings. The van der Waals surface area contributed by atoms with Gasteiger partial charge in [-0.1, -0.05) is 73.5 Å². The molecule has 0 aromatic heterocycles. The number of halogens is 1. The lowest BCUT2D eigenvalue weighted by atomic mass is 9.98. The van der Waals surface area contributed by atoms with Crippen molar-refractivity contribution in [2.24, 2.45) is 0 Å². The molecule has 8 heteroatoms. The average molecular weight is 493 g/mol. The number of carboxylic acids is 1. The molecule has 0 aliphatic heterocycles. The van der Waals surface area contributed by atoms with Gasteiger partial charge in [-0.2, -0.15) is 0 Å². The number of carbonyl (C=O) groups excluding carboxylic acids is 2. The molecule has 4 rings (SSSR count). The van der Waals surface area contributed by atoms with Crippen molar-refractivity contribution >= 4 is 35.3 Å². The standard InChI is InChI=1S/C27H25ClN2O5/c1-2-7-24(25(31)29-23-13-12-16(26(32)33)14-22(23)28)30-27(34)35-15-21-19-10-5-3-8-17(19)18-9-4-6-11-20(18)21/h3-6,8-14,21,24H,2,7,15H2,1H3,(H,29,31)(H,30,34)(H,32,33)/t24-/m0/s1. The number of anilines is 1. The second kappa shape index (κ2) is 10.6. The summed E-state index contributed by atoms with van der Waals surface area (Å²) in [5.74, 6) is -1.67. The summed E-state index contributed by atoms with van der Waals surface area (Å²) in [6.07, 6.45) is 0.349. The van der Waals surface area contributed by atoms with Crippen LogP contribution in [0, 0.1) is 0 Å². The molecule has 0 saturated carbocycles. The van der Waals surface area contributed by atoms with Gasteiger partial charge in [-0.15, -0.1) is 0 Å². The number of alkyl carbamates (subject to hydrolysis) is 1. The maximum atomic E-state index is 12.8. The van der Waals surface area contributed by atoms with Gasteiger partial charge in [-0.3, -0.25) is 4.79 Å². The van der Waals surface area contributed by atoms with Gasteiger partial charge in [0, 0.05) is 5.92 Å². The van der Waals surface area contributed by atoms with Gasteiger partial charge >= 0.3 is 12.1 Å². The van der Waals surface area contributed by atoms with E-state index >= 15 is 0 Å². The maximum Gasteiger partial charge on any atom is 0.407 e. The van der Waals surface area contributed by atoms with Crippen LogP contribution in [0.25, 0.3) is 11.1 Å². The lowest BCUT2D eigenvalue weighted by Gasteiger charge is -2.20. The molecule has 0 saturated heterocycles. The molecule has 3 aromatic carbocycles. The molecule has 0 fully saturated rings. The van der Waals surface area contributed by atoms with Crippen molar-refractivity contribution in [3.8, 4) is 11.1 Å². The second-order valence-corrected chi connectivity index (χ2v) is 8.71. The quantitative estimate of drug-likeness (QED) is 0.375. The number of benzene rings is 3. The predicted molar refractivity (Wildman–Crippen MR) is 134 cm³/mol. The van der Waals surface area contributed by atoms with Crippen molar-refractivity contribution in [1.29, 1.82) is 0 Å². The summed E-state index contributed by atoms with van der Waals surface area (Å²) in [7, 11) is 0. The van der Waals surface area contributed by atoms with Gasteiger partial charge in [0.05, 0.1) is 16.3 Å². The Morgan fingerprint density at radius 2 is 1.63 bits per heavy atom. The van der Waals surface area contributed by atoms with Gasteiger partial charge in [0.2, 0.25) is 5.91 Å². The fourth-order valence-electron chi connectivity index (χ4n) is 4.31. The zero-order valence-corrected chi connectivity index (χ0v) is 19.8. The number of ether oxygens (including phenoxy) is 1. The highest BCUT2D eigenvalue weighted by atomic mass is 35.5. The third kappa shape index (κ3) is 5.30. The zero-order valence-electron chi connectivity index (χ0n) is 19.1. The molecule has 3 N–H and O–H groups in total. The number of aromatic carboxylic acids is 1. The van der Waals surface area contributed by atoms with Crippen LogP contribution in [0.5, 0.6) is 0 Å². The van der Waals surface area contributed by atoms with Crippen LogP contribution >= 0.6 is 11.6 Å². The van der Waals surface area contributed by atoms with Crippen LogP contribution in [0.2, 0.25) is 5.02 Å². The number of fused-ring (bicyclic) bond motifs is 3. The van der Waals surface area contributed by atoms with E-state index in [0.29, 0.717) is 12.8 Å². The van der Waals surface area contributed by atoms with Crippen LogP contribution in [-0.4, -0.2) is 35.7 Å². The highest BCUT2D eigenvalue weighted by molar-refractivity contribution is 6.34. The molecule has 0 radical (unpaired) electrons. The van der Waals surface area contributed by atoms with Gasteiger partial charge in [0.15, 0.2) is 0 Å². The molecular weight excluding hydrogens is 468 g/mol. The third-order valence-electron chi connectivity index (χ3n) is 6.00. The van der Waals surface area contributed by atoms with Gasteiger partial charge in [-0.25, -0.2) is 9.59 Å². The second-order valence-electron chi connectivity index (χ2n) is 8.30. The Balaban J connectivity index is 1.41. The van der Waals surface area contributed by atoms with Gasteiger partial charge in [0.1, 0.15) is 12.6 Å². The van der Waals surface area contributed by atoms with E-state index in [1.165, 1.54) is 18.2 Å². The molecular formula is C27H25ClN2O5. The molecule has 1 atom stereocenters. The molecule has 1 aliphatic carbocycles. The number of hydrogen-bond donors (Lipinski definition) is 3. The van der Waals surface area contributed by atoms with Crippen LogP contribution in [0.15, 0.2) is 66.7 Å². The largest absolute Gasteiger partial charge is 0.478 e. The monoisotopic (exact) mass is 492 g/mol. The first-order valence-corrected chi connectivity index (χ1v) is 11.7. The predicted octanol–water partition coefficient (Wildman–Crippen LogP) is 5.68. The minimum atomic E-state index is -1.12. The normalized spacial score (nSPS) is 12.9. The summed E-state index contributed by atoms with van der Waals surface area (Å²) < 4.78 is 5.56. The Bertz CT molecular complexity index is 1230. The highest BCUT2D eigenvalue weighted by Gasteiger charge is 2.29. The van der Waals surface area contributed by atoms with Crippen molar-refractivity contribution in [3.05, 3.63) is 88.4 Å². The molecule has 0 heterocycles. The first kappa shape index (κ1) is 24.3. The summed E-state index contributed by atoms with van der Waals surface area (Å²) in [5, 5.41) is 14.5. The van der Waals surface area contributed by atoms with E-state index in [2.05, 4.69) is 22.8 Å². The Morgan fingerprint density at radius 3 is 2.20 bits per heavy atom. The SMILES string of the molecule is CCC[C@H](NC(=O)OCC1c2ccccc2-c2ccccc21)C(=O)Nc1ccc(C(=O)O)cc1Cl. The smallest absolute Gasteiger partial charge is 0.407 e. The van der Waals surface area contributed by atoms with E-state index in [0.717, 1.165) is 22.3 Å². The lowest BCUT2D eigenvalue weighted by molar-refractivity contribution is -0.118. The number of rotatable bonds is 8. The van der Waals surface area contributed by atoms with Crippen LogP contribution in [0.3, 0.4) is 0 Å². The number of carbonyl (C=O) groups is 3. The highest BCUT2D eigenvalue weighted by Crippen LogP contribution is 2.44. The summed E-state index contributed by atoms with van der Waals surface area (Å²) in [6, 6.07) is 19.3. The van der Waals surface area contributed by atoms with E-state index in [4.69, 9.17) is 21.4 Å². The topological polar surface area (TPSA) is 105 Å². The summed E-state index contributed by atoms with van der Waals surface area (Å²) in [6.45, 7) is 2.04. The molecule has 7 nitrogen and oxygen atoms in total. The Kier molecular flexibility index (Phi) is 7.36. The molecule has 0 unspecified atom stereocenters. The van der Waals surface area contributed by atoms with E-state index in [1.807, 2.05) is 43.3 Å². The number of carboxylic acid groups (broad SMARTS) is 1. The molecule has 0 spiro atoms. The Labute approximate surface area is 208 Å². The van der Waals surface area contributed by atoms with Crippen LogP contribution in [0.1, 0.15) is 47.2 Å². The van der Waals surface area contributed by atoms with Crippen molar-refractivity contribution in [2.45, 2.75) is 31.7 Å². The van der Waals surface area contributed by atoms with Gasteiger partial charge < -0.3 is 20.5 Å². The molecule has 180 valence electrons. The average Bonchev–Trinajstić information content (AvgIpc) is 3.17. The molecule has 35 heavy (non-hydrogen) atoms. The first-order chi connectivity index (χ1) is 16.9. The first-order valence-electron chi connectivity index (χ1n) is 11.3. The van der Waals surface area contributed by atoms with Crippen LogP contribution in [0.4, 0.5) is 10.5 Å². The third-order valence-corrected chi connectivity index (χ3v) is 6.32. The summed E-state index contributed by atoms with van der Waals surface area (Å²) in [5.41, 5.74) is 4.73. The fraction of sp³-hybridized carbons (Fsp3) is 0.222. The van der Waals surface area contributed by atoms with E-state index in [9.17, 15) is 14.4 Å². The van der Waals surface area contributed by atoms with Crippen molar-refractivity contribution in [3.63, 3.8) is 0 Å². The van der Waals surface area contributed by atoms with E-state index in [1.54, 1.807) is 0 Å². The fourth-order valence-corrected chi connectivity index (χ4v) is 4.54. The van der Waals surface area contributed by atoms with Crippen molar-refractivity contribution < 1.29 is 24.2 Å². The Hall–Kier alpha value is -3.84. The van der Waals surface area contributed by atoms with Gasteiger partial charge in [0.25, 0.3) is 0 Å². The zero-order chi connectivity index (χ0) is 24.9. The van der Waals surface area contributed by atoms with Crippen molar-refractivity contribution in [1.82, 2.24) is 5.32 Å². The van der Waals surface area contributed by atoms with Crippen molar-refractivity contribution in [2.75, 3.05) is 11.9 Å².